The van der Waals surface area contributed by atoms with Crippen molar-refractivity contribution < 1.29 is 9.59 Å². The Bertz CT molecular complexity index is 925. The van der Waals surface area contributed by atoms with Crippen LogP contribution in [0.5, 0.6) is 0 Å². The molecule has 0 saturated carbocycles. The van der Waals surface area contributed by atoms with Gasteiger partial charge in [0, 0.05) is 31.6 Å². The second-order valence-corrected chi connectivity index (χ2v) is 9.20. The van der Waals surface area contributed by atoms with E-state index in [1.54, 1.807) is 0 Å². The van der Waals surface area contributed by atoms with Crippen molar-refractivity contribution in [2.24, 2.45) is 0 Å². The Kier molecular flexibility index (Phi) is 5.10. The zero-order valence-corrected chi connectivity index (χ0v) is 17.6. The highest BCUT2D eigenvalue weighted by atomic mass is 16.2. The van der Waals surface area contributed by atoms with Crippen LogP contribution in [0.4, 0.5) is 0 Å². The molecule has 1 aliphatic carbocycles. The Morgan fingerprint density at radius 3 is 2.23 bits per heavy atom. The van der Waals surface area contributed by atoms with Crippen molar-refractivity contribution in [3.63, 3.8) is 0 Å². The molecule has 5 rings (SSSR count). The SMILES string of the molecule is O=C(Cc1ccccc1)N1CCC2(CC1)C[C@@H](C(=O)N1CCCC1)c1ccccc12. The minimum Gasteiger partial charge on any atom is -0.342 e. The van der Waals surface area contributed by atoms with Gasteiger partial charge >= 0.3 is 0 Å². The first-order valence-corrected chi connectivity index (χ1v) is 11.4. The largest absolute Gasteiger partial charge is 0.342 e. The van der Waals surface area contributed by atoms with E-state index in [2.05, 4.69) is 29.2 Å². The summed E-state index contributed by atoms with van der Waals surface area (Å²) in [5.74, 6) is 0.525. The normalized spacial score (nSPS) is 22.3. The molecule has 2 aromatic rings. The van der Waals surface area contributed by atoms with E-state index in [1.807, 2.05) is 35.2 Å². The minimum atomic E-state index is -0.00845. The van der Waals surface area contributed by atoms with Gasteiger partial charge in [-0.15, -0.1) is 0 Å². The van der Waals surface area contributed by atoms with Crippen LogP contribution in [-0.4, -0.2) is 47.8 Å². The molecule has 4 nitrogen and oxygen atoms in total. The molecule has 1 atom stereocenters. The maximum absolute atomic E-state index is 13.3. The molecule has 2 amide bonds. The number of likely N-dealkylation sites (tertiary alicyclic amines) is 2. The van der Waals surface area contributed by atoms with Crippen LogP contribution in [0.15, 0.2) is 54.6 Å². The van der Waals surface area contributed by atoms with Gasteiger partial charge in [-0.25, -0.2) is 0 Å². The molecule has 1 spiro atoms. The third-order valence-electron chi connectivity index (χ3n) is 7.49. The summed E-state index contributed by atoms with van der Waals surface area (Å²) < 4.78 is 0. The molecule has 2 aromatic carbocycles. The second kappa shape index (κ2) is 7.90. The number of carbonyl (C=O) groups excluding carboxylic acids is 2. The van der Waals surface area contributed by atoms with Crippen molar-refractivity contribution in [2.45, 2.75) is 49.9 Å². The van der Waals surface area contributed by atoms with Gasteiger partial charge in [-0.05, 0) is 48.8 Å². The smallest absolute Gasteiger partial charge is 0.230 e. The first-order chi connectivity index (χ1) is 14.7. The van der Waals surface area contributed by atoms with Gasteiger partial charge in [0.2, 0.25) is 11.8 Å². The lowest BCUT2D eigenvalue weighted by Crippen LogP contribution is -2.45. The van der Waals surface area contributed by atoms with E-state index in [0.717, 1.165) is 63.8 Å². The molecule has 2 aliphatic heterocycles. The third kappa shape index (κ3) is 3.42. The average Bonchev–Trinajstić information content (AvgIpc) is 3.43. The van der Waals surface area contributed by atoms with E-state index in [4.69, 9.17) is 0 Å². The van der Waals surface area contributed by atoms with Gasteiger partial charge in [0.15, 0.2) is 0 Å². The Morgan fingerprint density at radius 2 is 1.50 bits per heavy atom. The van der Waals surface area contributed by atoms with Crippen LogP contribution in [-0.2, 0) is 21.4 Å². The molecular weight excluding hydrogens is 372 g/mol. The molecular formula is C26H30N2O2. The Hall–Kier alpha value is -2.62. The van der Waals surface area contributed by atoms with E-state index < -0.39 is 0 Å². The molecule has 0 bridgehead atoms. The van der Waals surface area contributed by atoms with Gasteiger partial charge in [0.1, 0.15) is 0 Å². The molecule has 2 heterocycles. The number of hydrogen-bond donors (Lipinski definition) is 0. The Balaban J connectivity index is 1.31. The maximum atomic E-state index is 13.3. The highest BCUT2D eigenvalue weighted by Crippen LogP contribution is 2.52. The zero-order chi connectivity index (χ0) is 20.6. The fourth-order valence-corrected chi connectivity index (χ4v) is 5.81. The van der Waals surface area contributed by atoms with E-state index in [-0.39, 0.29) is 17.2 Å². The van der Waals surface area contributed by atoms with E-state index in [0.29, 0.717) is 12.3 Å². The zero-order valence-electron chi connectivity index (χ0n) is 17.6. The molecule has 3 aliphatic rings. The summed E-state index contributed by atoms with van der Waals surface area (Å²) in [4.78, 5) is 30.2. The average molecular weight is 403 g/mol. The van der Waals surface area contributed by atoms with E-state index >= 15 is 0 Å². The van der Waals surface area contributed by atoms with E-state index in [9.17, 15) is 9.59 Å². The predicted molar refractivity (Wildman–Crippen MR) is 117 cm³/mol. The molecule has 0 aromatic heterocycles. The van der Waals surface area contributed by atoms with Crippen molar-refractivity contribution in [2.75, 3.05) is 26.2 Å². The minimum absolute atomic E-state index is 0.00845. The standard InChI is InChI=1S/C26H30N2O2/c29-24(18-20-8-2-1-3-9-20)27-16-12-26(13-17-27)19-22(21-10-4-5-11-23(21)26)25(30)28-14-6-7-15-28/h1-5,8-11,22H,6-7,12-19H2/t22-/m1/s1. The third-order valence-corrected chi connectivity index (χ3v) is 7.49. The van der Waals surface area contributed by atoms with E-state index in [1.165, 1.54) is 11.1 Å². The first kappa shape index (κ1) is 19.3. The summed E-state index contributed by atoms with van der Waals surface area (Å²) in [6, 6.07) is 18.6. The number of benzene rings is 2. The Morgan fingerprint density at radius 1 is 0.833 bits per heavy atom. The topological polar surface area (TPSA) is 40.6 Å². The van der Waals surface area contributed by atoms with Crippen LogP contribution in [0.3, 0.4) is 0 Å². The number of amides is 2. The summed E-state index contributed by atoms with van der Waals surface area (Å²) in [5, 5.41) is 0. The predicted octanol–water partition coefficient (Wildman–Crippen LogP) is 3.90. The van der Waals surface area contributed by atoms with Crippen LogP contribution in [0.25, 0.3) is 0 Å². The summed E-state index contributed by atoms with van der Waals surface area (Å²) in [5.41, 5.74) is 3.71. The van der Waals surface area contributed by atoms with Crippen LogP contribution < -0.4 is 0 Å². The Labute approximate surface area is 178 Å². The lowest BCUT2D eigenvalue weighted by molar-refractivity contribution is -0.134. The number of fused-ring (bicyclic) bond motifs is 2. The van der Waals surface area contributed by atoms with Gasteiger partial charge in [0.25, 0.3) is 0 Å². The van der Waals surface area contributed by atoms with Crippen molar-refractivity contribution in [3.8, 4) is 0 Å². The second-order valence-electron chi connectivity index (χ2n) is 9.20. The maximum Gasteiger partial charge on any atom is 0.230 e. The number of rotatable bonds is 3. The highest BCUT2D eigenvalue weighted by Gasteiger charge is 2.48. The summed E-state index contributed by atoms with van der Waals surface area (Å²) in [7, 11) is 0. The lowest BCUT2D eigenvalue weighted by atomic mass is 9.73. The van der Waals surface area contributed by atoms with Gasteiger partial charge in [0.05, 0.1) is 12.3 Å². The first-order valence-electron chi connectivity index (χ1n) is 11.4. The highest BCUT2D eigenvalue weighted by molar-refractivity contribution is 5.86. The summed E-state index contributed by atoms with van der Waals surface area (Å²) in [6.07, 6.45) is 5.54. The van der Waals surface area contributed by atoms with Crippen LogP contribution >= 0.6 is 0 Å². The number of carbonyl (C=O) groups is 2. The monoisotopic (exact) mass is 402 g/mol. The van der Waals surface area contributed by atoms with Crippen molar-refractivity contribution in [1.29, 1.82) is 0 Å². The fourth-order valence-electron chi connectivity index (χ4n) is 5.81. The van der Waals surface area contributed by atoms with Crippen molar-refractivity contribution in [1.82, 2.24) is 9.80 Å². The number of hydrogen-bond acceptors (Lipinski definition) is 2. The number of piperidine rings is 1. The van der Waals surface area contributed by atoms with Gasteiger partial charge in [-0.2, -0.15) is 0 Å². The molecule has 0 unspecified atom stereocenters. The summed E-state index contributed by atoms with van der Waals surface area (Å²) >= 11 is 0. The molecule has 4 heteroatoms. The molecule has 2 saturated heterocycles. The molecule has 30 heavy (non-hydrogen) atoms. The van der Waals surface area contributed by atoms with Crippen LogP contribution in [0.2, 0.25) is 0 Å². The van der Waals surface area contributed by atoms with Crippen molar-refractivity contribution in [3.05, 3.63) is 71.3 Å². The quantitative estimate of drug-likeness (QED) is 0.781. The number of nitrogens with zero attached hydrogens (tertiary/aromatic N) is 2. The van der Waals surface area contributed by atoms with Crippen LogP contribution in [0.1, 0.15) is 54.7 Å². The fraction of sp³-hybridized carbons (Fsp3) is 0.462. The molecule has 0 N–H and O–H groups in total. The van der Waals surface area contributed by atoms with Gasteiger partial charge < -0.3 is 9.80 Å². The molecule has 2 fully saturated rings. The van der Waals surface area contributed by atoms with Gasteiger partial charge in [-0.1, -0.05) is 54.6 Å². The molecule has 0 radical (unpaired) electrons. The van der Waals surface area contributed by atoms with Gasteiger partial charge in [-0.3, -0.25) is 9.59 Å². The summed E-state index contributed by atoms with van der Waals surface area (Å²) in [6.45, 7) is 3.38. The molecule has 156 valence electrons. The lowest BCUT2D eigenvalue weighted by Gasteiger charge is -2.40. The van der Waals surface area contributed by atoms with Crippen LogP contribution in [0, 0.1) is 0 Å². The van der Waals surface area contributed by atoms with Crippen molar-refractivity contribution >= 4 is 11.8 Å².